The summed E-state index contributed by atoms with van der Waals surface area (Å²) in [4.78, 5) is 26.2. The predicted octanol–water partition coefficient (Wildman–Crippen LogP) is 0.598. The number of H-pyrrole nitrogens is 1. The van der Waals surface area contributed by atoms with Crippen molar-refractivity contribution in [2.75, 3.05) is 31.7 Å². The minimum atomic E-state index is -0.281. The maximum absolute atomic E-state index is 12.9. The van der Waals surface area contributed by atoms with Crippen LogP contribution in [-0.4, -0.2) is 64.7 Å². The van der Waals surface area contributed by atoms with Crippen molar-refractivity contribution in [1.82, 2.24) is 20.4 Å². The van der Waals surface area contributed by atoms with E-state index in [2.05, 4.69) is 15.5 Å². The predicted molar refractivity (Wildman–Crippen MR) is 90.0 cm³/mol. The molecule has 1 unspecified atom stereocenters. The summed E-state index contributed by atoms with van der Waals surface area (Å²) >= 11 is 1.76. The van der Waals surface area contributed by atoms with Gasteiger partial charge < -0.3 is 15.0 Å². The zero-order valence-electron chi connectivity index (χ0n) is 13.0. The molecule has 2 N–H and O–H groups in total. The van der Waals surface area contributed by atoms with Crippen LogP contribution in [0, 0.1) is 0 Å². The summed E-state index contributed by atoms with van der Waals surface area (Å²) in [5.74, 6) is 1.27. The highest BCUT2D eigenvalue weighted by Crippen LogP contribution is 2.24. The summed E-state index contributed by atoms with van der Waals surface area (Å²) in [6.07, 6.45) is 1.09. The van der Waals surface area contributed by atoms with E-state index in [4.69, 9.17) is 4.74 Å². The third-order valence-corrected chi connectivity index (χ3v) is 5.22. The van der Waals surface area contributed by atoms with Crippen molar-refractivity contribution in [1.29, 1.82) is 0 Å². The SMILES string of the molecule is COC(=O)CC1CSCCN1C(=O)c1n[nH]c2c1CNCC2.Cl. The van der Waals surface area contributed by atoms with Crippen LogP contribution in [0.5, 0.6) is 0 Å². The van der Waals surface area contributed by atoms with Crippen molar-refractivity contribution in [2.45, 2.75) is 25.4 Å². The Kier molecular flexibility index (Phi) is 6.32. The molecule has 0 spiro atoms. The van der Waals surface area contributed by atoms with Crippen molar-refractivity contribution >= 4 is 36.0 Å². The molecule has 1 atom stereocenters. The molecule has 23 heavy (non-hydrogen) atoms. The van der Waals surface area contributed by atoms with Crippen LogP contribution in [0.2, 0.25) is 0 Å². The summed E-state index contributed by atoms with van der Waals surface area (Å²) in [5.41, 5.74) is 2.49. The van der Waals surface area contributed by atoms with Gasteiger partial charge in [-0.2, -0.15) is 16.9 Å². The van der Waals surface area contributed by atoms with E-state index < -0.39 is 0 Å². The second-order valence-electron chi connectivity index (χ2n) is 5.46. The molecule has 2 aliphatic rings. The van der Waals surface area contributed by atoms with Gasteiger partial charge in [0, 0.05) is 48.8 Å². The van der Waals surface area contributed by atoms with Gasteiger partial charge in [0.1, 0.15) is 0 Å². The molecule has 1 fully saturated rings. The monoisotopic (exact) mass is 360 g/mol. The van der Waals surface area contributed by atoms with Crippen molar-refractivity contribution in [3.8, 4) is 0 Å². The van der Waals surface area contributed by atoms with Gasteiger partial charge in [0.05, 0.1) is 19.6 Å². The third-order valence-electron chi connectivity index (χ3n) is 4.13. The number of esters is 1. The number of methoxy groups -OCH3 is 1. The van der Waals surface area contributed by atoms with Crippen molar-refractivity contribution in [3.05, 3.63) is 17.0 Å². The van der Waals surface area contributed by atoms with Gasteiger partial charge in [-0.3, -0.25) is 14.7 Å². The molecule has 1 saturated heterocycles. The molecule has 3 rings (SSSR count). The maximum Gasteiger partial charge on any atom is 0.307 e. The number of hydrogen-bond acceptors (Lipinski definition) is 6. The molecule has 1 aromatic rings. The van der Waals surface area contributed by atoms with E-state index in [0.717, 1.165) is 35.7 Å². The molecule has 1 amide bonds. The molecule has 1 aromatic heterocycles. The number of halogens is 1. The molecule has 128 valence electrons. The molecule has 9 heteroatoms. The van der Waals surface area contributed by atoms with Crippen LogP contribution in [0.1, 0.15) is 28.2 Å². The van der Waals surface area contributed by atoms with Gasteiger partial charge in [-0.25, -0.2) is 0 Å². The van der Waals surface area contributed by atoms with E-state index in [1.54, 1.807) is 16.7 Å². The molecule has 7 nitrogen and oxygen atoms in total. The van der Waals surface area contributed by atoms with Gasteiger partial charge in [0.25, 0.3) is 5.91 Å². The number of rotatable bonds is 3. The van der Waals surface area contributed by atoms with Gasteiger partial charge in [-0.15, -0.1) is 12.4 Å². The Morgan fingerprint density at radius 3 is 3.09 bits per heavy atom. The molecule has 0 aromatic carbocycles. The fourth-order valence-electron chi connectivity index (χ4n) is 2.91. The number of aromatic amines is 1. The number of hydrogen-bond donors (Lipinski definition) is 2. The van der Waals surface area contributed by atoms with Gasteiger partial charge in [-0.1, -0.05) is 0 Å². The highest BCUT2D eigenvalue weighted by atomic mass is 35.5. The first kappa shape index (κ1) is 18.1. The van der Waals surface area contributed by atoms with Crippen LogP contribution < -0.4 is 5.32 Å². The van der Waals surface area contributed by atoms with Gasteiger partial charge in [0.2, 0.25) is 0 Å². The second-order valence-corrected chi connectivity index (χ2v) is 6.61. The van der Waals surface area contributed by atoms with E-state index in [9.17, 15) is 9.59 Å². The van der Waals surface area contributed by atoms with Crippen LogP contribution in [-0.2, 0) is 22.5 Å². The average molecular weight is 361 g/mol. The number of carbonyl (C=O) groups excluding carboxylic acids is 2. The summed E-state index contributed by atoms with van der Waals surface area (Å²) < 4.78 is 4.74. The van der Waals surface area contributed by atoms with Gasteiger partial charge in [-0.05, 0) is 0 Å². The fraction of sp³-hybridized carbons (Fsp3) is 0.643. The average Bonchev–Trinajstić information content (AvgIpc) is 2.98. The summed E-state index contributed by atoms with van der Waals surface area (Å²) in [5, 5.41) is 10.5. The third kappa shape index (κ3) is 3.81. The van der Waals surface area contributed by atoms with Crippen LogP contribution in [0.25, 0.3) is 0 Å². The number of fused-ring (bicyclic) bond motifs is 1. The first-order chi connectivity index (χ1) is 10.7. The number of nitrogens with one attached hydrogen (secondary N) is 2. The zero-order chi connectivity index (χ0) is 15.5. The number of thioether (sulfide) groups is 1. The van der Waals surface area contributed by atoms with E-state index in [-0.39, 0.29) is 36.7 Å². The maximum atomic E-state index is 12.9. The lowest BCUT2D eigenvalue weighted by Crippen LogP contribution is -2.47. The Morgan fingerprint density at radius 2 is 2.30 bits per heavy atom. The standard InChI is InChI=1S/C14H20N4O3S.ClH/c1-21-12(19)6-9-8-22-5-4-18(9)14(20)13-10-7-15-3-2-11(10)16-17-13;/h9,15H,2-8H2,1H3,(H,16,17);1H. The van der Waals surface area contributed by atoms with E-state index in [0.29, 0.717) is 18.8 Å². The van der Waals surface area contributed by atoms with E-state index >= 15 is 0 Å². The van der Waals surface area contributed by atoms with E-state index in [1.807, 2.05) is 0 Å². The summed E-state index contributed by atoms with van der Waals surface area (Å²) in [7, 11) is 1.38. The Hall–Kier alpha value is -1.25. The van der Waals surface area contributed by atoms with Crippen LogP contribution in [0.3, 0.4) is 0 Å². The van der Waals surface area contributed by atoms with Gasteiger partial charge >= 0.3 is 5.97 Å². The van der Waals surface area contributed by atoms with Crippen molar-refractivity contribution in [3.63, 3.8) is 0 Å². The number of aromatic nitrogens is 2. The number of nitrogens with zero attached hydrogens (tertiary/aromatic N) is 2. The minimum absolute atomic E-state index is 0. The molecular formula is C14H21ClN4O3S. The number of carbonyl (C=O) groups is 2. The molecule has 2 aliphatic heterocycles. The minimum Gasteiger partial charge on any atom is -0.469 e. The molecular weight excluding hydrogens is 340 g/mol. The smallest absolute Gasteiger partial charge is 0.307 e. The molecule has 0 saturated carbocycles. The largest absolute Gasteiger partial charge is 0.469 e. The lowest BCUT2D eigenvalue weighted by atomic mass is 10.1. The Morgan fingerprint density at radius 1 is 1.48 bits per heavy atom. The quantitative estimate of drug-likeness (QED) is 0.767. The Bertz CT molecular complexity index is 580. The summed E-state index contributed by atoms with van der Waals surface area (Å²) in [6.45, 7) is 2.20. The zero-order valence-corrected chi connectivity index (χ0v) is 14.6. The van der Waals surface area contributed by atoms with Crippen LogP contribution >= 0.6 is 24.2 Å². The lowest BCUT2D eigenvalue weighted by Gasteiger charge is -2.34. The molecule has 0 aliphatic carbocycles. The van der Waals surface area contributed by atoms with E-state index in [1.165, 1.54) is 7.11 Å². The summed E-state index contributed by atoms with van der Waals surface area (Å²) in [6, 6.07) is -0.123. The molecule has 3 heterocycles. The highest BCUT2D eigenvalue weighted by Gasteiger charge is 2.33. The van der Waals surface area contributed by atoms with Crippen molar-refractivity contribution in [2.24, 2.45) is 0 Å². The van der Waals surface area contributed by atoms with Crippen LogP contribution in [0.15, 0.2) is 0 Å². The lowest BCUT2D eigenvalue weighted by molar-refractivity contribution is -0.141. The second kappa shape index (κ2) is 8.03. The highest BCUT2D eigenvalue weighted by molar-refractivity contribution is 7.99. The number of amides is 1. The number of ether oxygens (including phenoxy) is 1. The fourth-order valence-corrected chi connectivity index (χ4v) is 3.97. The Balaban J connectivity index is 0.00000192. The Labute approximate surface area is 145 Å². The first-order valence-electron chi connectivity index (χ1n) is 7.43. The van der Waals surface area contributed by atoms with Crippen LogP contribution in [0.4, 0.5) is 0 Å². The molecule has 0 radical (unpaired) electrons. The first-order valence-corrected chi connectivity index (χ1v) is 8.58. The molecule has 0 bridgehead atoms. The van der Waals surface area contributed by atoms with Crippen molar-refractivity contribution < 1.29 is 14.3 Å². The van der Waals surface area contributed by atoms with Gasteiger partial charge in [0.15, 0.2) is 5.69 Å². The topological polar surface area (TPSA) is 87.3 Å². The normalized spacial score (nSPS) is 20.4.